The third-order valence-electron chi connectivity index (χ3n) is 3.30. The van der Waals surface area contributed by atoms with Gasteiger partial charge in [0, 0.05) is 5.92 Å². The molecule has 1 aliphatic carbocycles. The first-order chi connectivity index (χ1) is 7.38. The van der Waals surface area contributed by atoms with Crippen molar-refractivity contribution in [2.45, 2.75) is 19.3 Å². The minimum absolute atomic E-state index is 0.629. The summed E-state index contributed by atoms with van der Waals surface area (Å²) in [7, 11) is 0. The van der Waals surface area contributed by atoms with Crippen LogP contribution in [0.15, 0.2) is 42.5 Å². The van der Waals surface area contributed by atoms with Crippen molar-refractivity contribution in [2.24, 2.45) is 0 Å². The second-order valence-electron chi connectivity index (χ2n) is 4.20. The number of benzene rings is 2. The second kappa shape index (κ2) is 3.23. The van der Waals surface area contributed by atoms with E-state index in [9.17, 15) is 0 Å². The van der Waals surface area contributed by atoms with E-state index in [-0.39, 0.29) is 0 Å². The van der Waals surface area contributed by atoms with Crippen molar-refractivity contribution in [3.05, 3.63) is 53.6 Å². The van der Waals surface area contributed by atoms with Gasteiger partial charge in [-0.3, -0.25) is 0 Å². The van der Waals surface area contributed by atoms with E-state index in [1.54, 1.807) is 0 Å². The molecule has 0 nitrogen and oxygen atoms in total. The number of rotatable bonds is 1. The van der Waals surface area contributed by atoms with Crippen molar-refractivity contribution in [1.82, 2.24) is 0 Å². The summed E-state index contributed by atoms with van der Waals surface area (Å²) in [5.41, 5.74) is 2.90. The van der Waals surface area contributed by atoms with Gasteiger partial charge in [-0.1, -0.05) is 43.3 Å². The monoisotopic (exact) mass is 194 g/mol. The van der Waals surface area contributed by atoms with Crippen LogP contribution in [0.25, 0.3) is 16.8 Å². The summed E-state index contributed by atoms with van der Waals surface area (Å²) in [5.74, 6) is 0.629. The van der Waals surface area contributed by atoms with Gasteiger partial charge in [-0.2, -0.15) is 0 Å². The highest BCUT2D eigenvalue weighted by molar-refractivity contribution is 5.87. The van der Waals surface area contributed by atoms with E-state index in [0.29, 0.717) is 5.92 Å². The summed E-state index contributed by atoms with van der Waals surface area (Å²) in [5, 5.41) is 2.70. The zero-order valence-corrected chi connectivity index (χ0v) is 8.90. The molecule has 0 saturated carbocycles. The minimum Gasteiger partial charge on any atom is -0.0764 e. The molecule has 2 aromatic rings. The molecule has 0 heterocycles. The molecule has 0 fully saturated rings. The minimum atomic E-state index is 0.629. The number of fused-ring (bicyclic) bond motifs is 2. The molecule has 3 rings (SSSR count). The molecule has 1 unspecified atom stereocenters. The van der Waals surface area contributed by atoms with Gasteiger partial charge in [0.2, 0.25) is 0 Å². The van der Waals surface area contributed by atoms with Crippen LogP contribution >= 0.6 is 0 Å². The van der Waals surface area contributed by atoms with E-state index < -0.39 is 0 Å². The molecule has 0 spiro atoms. The van der Waals surface area contributed by atoms with Crippen LogP contribution in [0.5, 0.6) is 0 Å². The van der Waals surface area contributed by atoms with Gasteiger partial charge in [0.1, 0.15) is 0 Å². The van der Waals surface area contributed by atoms with Gasteiger partial charge in [0.15, 0.2) is 0 Å². The number of hydrogen-bond donors (Lipinski definition) is 0. The SMILES string of the molecule is CCC1C=Cc2cc3ccccc3cc21. The maximum absolute atomic E-state index is 2.35. The maximum Gasteiger partial charge on any atom is 0.00248 e. The largest absolute Gasteiger partial charge is 0.0764 e. The Morgan fingerprint density at radius 2 is 1.80 bits per heavy atom. The molecule has 2 aromatic carbocycles. The molecular weight excluding hydrogens is 180 g/mol. The molecule has 0 heteroatoms. The molecule has 0 aliphatic heterocycles. The fraction of sp³-hybridized carbons (Fsp3) is 0.200. The molecule has 1 aliphatic rings. The molecular formula is C15H14. The molecule has 0 saturated heterocycles. The van der Waals surface area contributed by atoms with Crippen molar-refractivity contribution in [3.8, 4) is 0 Å². The maximum atomic E-state index is 2.35. The van der Waals surface area contributed by atoms with E-state index >= 15 is 0 Å². The van der Waals surface area contributed by atoms with Crippen molar-refractivity contribution in [2.75, 3.05) is 0 Å². The Kier molecular flexibility index (Phi) is 1.88. The number of hydrogen-bond acceptors (Lipinski definition) is 0. The first-order valence-electron chi connectivity index (χ1n) is 5.59. The molecule has 0 radical (unpaired) electrons. The highest BCUT2D eigenvalue weighted by Gasteiger charge is 2.15. The van der Waals surface area contributed by atoms with Crippen LogP contribution in [0.4, 0.5) is 0 Å². The first kappa shape index (κ1) is 8.72. The lowest BCUT2D eigenvalue weighted by Crippen LogP contribution is -1.90. The summed E-state index contributed by atoms with van der Waals surface area (Å²) in [6.07, 6.45) is 5.78. The van der Waals surface area contributed by atoms with E-state index in [0.717, 1.165) is 0 Å². The number of allylic oxidation sites excluding steroid dienone is 1. The van der Waals surface area contributed by atoms with Crippen LogP contribution in [0.1, 0.15) is 30.4 Å². The quantitative estimate of drug-likeness (QED) is 0.632. The Balaban J connectivity index is 2.27. The van der Waals surface area contributed by atoms with E-state index in [4.69, 9.17) is 0 Å². The molecule has 0 bridgehead atoms. The van der Waals surface area contributed by atoms with Gasteiger partial charge in [-0.05, 0) is 40.5 Å². The van der Waals surface area contributed by atoms with Crippen molar-refractivity contribution in [1.29, 1.82) is 0 Å². The van der Waals surface area contributed by atoms with Gasteiger partial charge in [0.05, 0.1) is 0 Å². The highest BCUT2D eigenvalue weighted by Crippen LogP contribution is 2.34. The lowest BCUT2D eigenvalue weighted by Gasteiger charge is -2.09. The Labute approximate surface area is 90.2 Å². The molecule has 0 N–H and O–H groups in total. The van der Waals surface area contributed by atoms with Crippen LogP contribution in [0, 0.1) is 0 Å². The van der Waals surface area contributed by atoms with Crippen LogP contribution in [0.3, 0.4) is 0 Å². The average Bonchev–Trinajstić information content (AvgIpc) is 2.68. The Morgan fingerprint density at radius 3 is 2.53 bits per heavy atom. The summed E-state index contributed by atoms with van der Waals surface area (Å²) < 4.78 is 0. The Morgan fingerprint density at radius 1 is 1.07 bits per heavy atom. The van der Waals surface area contributed by atoms with E-state index in [1.165, 1.54) is 28.3 Å². The Bertz CT molecular complexity index is 535. The topological polar surface area (TPSA) is 0 Å². The van der Waals surface area contributed by atoms with Gasteiger partial charge in [-0.25, -0.2) is 0 Å². The molecule has 1 atom stereocenters. The third-order valence-corrected chi connectivity index (χ3v) is 3.30. The van der Waals surface area contributed by atoms with Gasteiger partial charge in [0.25, 0.3) is 0 Å². The fourth-order valence-electron chi connectivity index (χ4n) is 2.42. The lowest BCUT2D eigenvalue weighted by molar-refractivity contribution is 0.820. The van der Waals surface area contributed by atoms with Crippen LogP contribution in [-0.2, 0) is 0 Å². The molecule has 0 amide bonds. The normalized spacial score (nSPS) is 18.3. The zero-order valence-electron chi connectivity index (χ0n) is 8.90. The van der Waals surface area contributed by atoms with Crippen LogP contribution < -0.4 is 0 Å². The first-order valence-corrected chi connectivity index (χ1v) is 5.59. The predicted octanol–water partition coefficient (Wildman–Crippen LogP) is 4.36. The van der Waals surface area contributed by atoms with E-state index in [1.807, 2.05) is 0 Å². The summed E-state index contributed by atoms with van der Waals surface area (Å²) in [6, 6.07) is 13.2. The van der Waals surface area contributed by atoms with Crippen molar-refractivity contribution in [3.63, 3.8) is 0 Å². The van der Waals surface area contributed by atoms with Gasteiger partial charge >= 0.3 is 0 Å². The second-order valence-corrected chi connectivity index (χ2v) is 4.20. The van der Waals surface area contributed by atoms with Crippen LogP contribution in [0.2, 0.25) is 0 Å². The Hall–Kier alpha value is -1.56. The highest BCUT2D eigenvalue weighted by atomic mass is 14.2. The smallest absolute Gasteiger partial charge is 0.00248 e. The summed E-state index contributed by atoms with van der Waals surface area (Å²) in [4.78, 5) is 0. The van der Waals surface area contributed by atoms with Crippen LogP contribution in [-0.4, -0.2) is 0 Å². The molecule has 74 valence electrons. The average molecular weight is 194 g/mol. The third kappa shape index (κ3) is 1.29. The summed E-state index contributed by atoms with van der Waals surface area (Å²) in [6.45, 7) is 2.25. The van der Waals surface area contributed by atoms with Crippen molar-refractivity contribution >= 4 is 16.8 Å². The standard InChI is InChI=1S/C15H14/c1-2-11-7-8-14-9-12-5-3-4-6-13(12)10-15(11)14/h3-11H,2H2,1H3. The van der Waals surface area contributed by atoms with Crippen molar-refractivity contribution < 1.29 is 0 Å². The summed E-state index contributed by atoms with van der Waals surface area (Å²) >= 11 is 0. The lowest BCUT2D eigenvalue weighted by atomic mass is 9.95. The van der Waals surface area contributed by atoms with E-state index in [2.05, 4.69) is 55.5 Å². The van der Waals surface area contributed by atoms with Gasteiger partial charge in [-0.15, -0.1) is 0 Å². The van der Waals surface area contributed by atoms with Gasteiger partial charge < -0.3 is 0 Å². The fourth-order valence-corrected chi connectivity index (χ4v) is 2.42. The molecule has 15 heavy (non-hydrogen) atoms. The predicted molar refractivity (Wildman–Crippen MR) is 66.0 cm³/mol. The molecule has 0 aromatic heterocycles. The zero-order chi connectivity index (χ0) is 10.3.